The quantitative estimate of drug-likeness (QED) is 0.293. The Bertz CT molecular complexity index is 1010. The second-order valence-electron chi connectivity index (χ2n) is 10.1. The van der Waals surface area contributed by atoms with Crippen LogP contribution in [0.3, 0.4) is 0 Å². The van der Waals surface area contributed by atoms with E-state index in [1.54, 1.807) is 6.07 Å². The van der Waals surface area contributed by atoms with Gasteiger partial charge in [0.2, 0.25) is 5.91 Å². The van der Waals surface area contributed by atoms with E-state index in [0.29, 0.717) is 25.2 Å². The fraction of sp³-hybridized carbons (Fsp3) is 0.577. The molecule has 0 spiro atoms. The van der Waals surface area contributed by atoms with Gasteiger partial charge < -0.3 is 19.6 Å². The Balaban J connectivity index is 1.55. The van der Waals surface area contributed by atoms with Crippen LogP contribution < -0.4 is 10.1 Å². The van der Waals surface area contributed by atoms with Gasteiger partial charge in [0.25, 0.3) is 11.8 Å². The van der Waals surface area contributed by atoms with Gasteiger partial charge >= 0.3 is 5.97 Å². The first-order valence-electron chi connectivity index (χ1n) is 12.3. The average Bonchev–Trinajstić information content (AvgIpc) is 3.08. The van der Waals surface area contributed by atoms with Crippen molar-refractivity contribution in [2.75, 3.05) is 33.3 Å². The summed E-state index contributed by atoms with van der Waals surface area (Å²) in [5.41, 5.74) is -0.105. The molecule has 0 aromatic heterocycles. The van der Waals surface area contributed by atoms with E-state index < -0.39 is 29.4 Å². The number of esters is 1. The first-order chi connectivity index (χ1) is 17.1. The lowest BCUT2D eigenvalue weighted by atomic mass is 9.96. The number of aldehydes is 1. The predicted molar refractivity (Wildman–Crippen MR) is 131 cm³/mol. The van der Waals surface area contributed by atoms with Crippen molar-refractivity contribution >= 4 is 30.0 Å². The van der Waals surface area contributed by atoms with Gasteiger partial charge in [-0.1, -0.05) is 0 Å². The van der Waals surface area contributed by atoms with Gasteiger partial charge in [0.05, 0.1) is 17.0 Å². The molecule has 2 aliphatic heterocycles. The van der Waals surface area contributed by atoms with E-state index in [2.05, 4.69) is 10.2 Å². The third kappa shape index (κ3) is 6.48. The second-order valence-corrected chi connectivity index (χ2v) is 10.1. The molecule has 1 unspecified atom stereocenters. The number of nitrogens with one attached hydrogen (secondary N) is 1. The number of nitrogens with zero attached hydrogens (tertiary/aromatic N) is 2. The largest absolute Gasteiger partial charge is 0.492 e. The summed E-state index contributed by atoms with van der Waals surface area (Å²) in [7, 11) is 1.42. The molecule has 1 saturated heterocycles. The van der Waals surface area contributed by atoms with Crippen LogP contribution in [-0.2, 0) is 19.1 Å². The van der Waals surface area contributed by atoms with Crippen LogP contribution in [-0.4, -0.2) is 84.7 Å². The van der Waals surface area contributed by atoms with E-state index in [0.717, 1.165) is 30.8 Å². The number of likely N-dealkylation sites (N-methyl/N-ethyl adjacent to an activating group) is 1. The standard InChI is InChI=1S/C26H35N3O7/c1-26(2,3)36-25(34)17-9-11-28(12-10-17)13-15-35-18-7-8-19-20(16-18)24(33)29(23(19)32)21(6-5-14-30)22(31)27-4/h7-8,14,16-17,21H,5-6,9-13,15H2,1-4H3,(H,27,31). The first-order valence-corrected chi connectivity index (χ1v) is 12.3. The van der Waals surface area contributed by atoms with Gasteiger partial charge in [0.15, 0.2) is 0 Å². The Hall–Kier alpha value is -3.27. The zero-order valence-corrected chi connectivity index (χ0v) is 21.4. The van der Waals surface area contributed by atoms with Crippen molar-refractivity contribution in [3.8, 4) is 5.75 Å². The lowest BCUT2D eigenvalue weighted by molar-refractivity contribution is -0.161. The highest BCUT2D eigenvalue weighted by molar-refractivity contribution is 6.23. The molecule has 0 radical (unpaired) electrons. The third-order valence-corrected chi connectivity index (χ3v) is 6.31. The molecule has 1 N–H and O–H groups in total. The fourth-order valence-corrected chi connectivity index (χ4v) is 4.45. The number of likely N-dealkylation sites (tertiary alicyclic amines) is 1. The van der Waals surface area contributed by atoms with Gasteiger partial charge in [-0.3, -0.25) is 29.0 Å². The molecule has 1 aromatic carbocycles. The molecule has 2 aliphatic rings. The van der Waals surface area contributed by atoms with Crippen LogP contribution in [0.4, 0.5) is 0 Å². The molecule has 3 amide bonds. The summed E-state index contributed by atoms with van der Waals surface area (Å²) in [5.74, 6) is -1.43. The van der Waals surface area contributed by atoms with E-state index in [9.17, 15) is 24.0 Å². The van der Waals surface area contributed by atoms with Gasteiger partial charge in [-0.05, 0) is 71.3 Å². The number of hydrogen-bond donors (Lipinski definition) is 1. The number of carbonyl (C=O) groups is 5. The predicted octanol–water partition coefficient (Wildman–Crippen LogP) is 1.81. The van der Waals surface area contributed by atoms with Crippen LogP contribution in [0.2, 0.25) is 0 Å². The van der Waals surface area contributed by atoms with Gasteiger partial charge in [0, 0.05) is 20.0 Å². The van der Waals surface area contributed by atoms with Gasteiger partial charge in [-0.2, -0.15) is 0 Å². The summed E-state index contributed by atoms with van der Waals surface area (Å²) in [6.07, 6.45) is 2.23. The maximum Gasteiger partial charge on any atom is 0.309 e. The number of piperidine rings is 1. The summed E-state index contributed by atoms with van der Waals surface area (Å²) < 4.78 is 11.3. The van der Waals surface area contributed by atoms with Crippen molar-refractivity contribution in [1.29, 1.82) is 0 Å². The van der Waals surface area contributed by atoms with Crippen molar-refractivity contribution in [1.82, 2.24) is 15.1 Å². The molecule has 3 rings (SSSR count). The molecule has 1 aromatic rings. The number of amides is 3. The van der Waals surface area contributed by atoms with Crippen molar-refractivity contribution in [2.24, 2.45) is 5.92 Å². The summed E-state index contributed by atoms with van der Waals surface area (Å²) in [5, 5.41) is 2.45. The topological polar surface area (TPSA) is 122 Å². The molecular weight excluding hydrogens is 466 g/mol. The molecule has 10 nitrogen and oxygen atoms in total. The average molecular weight is 502 g/mol. The summed E-state index contributed by atoms with van der Waals surface area (Å²) >= 11 is 0. The van der Waals surface area contributed by atoms with Gasteiger partial charge in [-0.15, -0.1) is 0 Å². The number of rotatable bonds is 10. The minimum atomic E-state index is -1.06. The molecule has 196 valence electrons. The van der Waals surface area contributed by atoms with E-state index in [4.69, 9.17) is 9.47 Å². The lowest BCUT2D eigenvalue weighted by Crippen LogP contribution is -2.48. The Morgan fingerprint density at radius 1 is 1.14 bits per heavy atom. The molecular formula is C26H35N3O7. The number of imide groups is 1. The van der Waals surface area contributed by atoms with E-state index in [1.165, 1.54) is 19.2 Å². The normalized spacial score (nSPS) is 17.5. The van der Waals surface area contributed by atoms with Crippen LogP contribution in [0, 0.1) is 5.92 Å². The van der Waals surface area contributed by atoms with Crippen molar-refractivity contribution in [3.63, 3.8) is 0 Å². The fourth-order valence-electron chi connectivity index (χ4n) is 4.45. The Morgan fingerprint density at radius 2 is 1.81 bits per heavy atom. The first kappa shape index (κ1) is 27.3. The maximum absolute atomic E-state index is 13.0. The van der Waals surface area contributed by atoms with E-state index in [1.807, 2.05) is 20.8 Å². The number of fused-ring (bicyclic) bond motifs is 1. The van der Waals surface area contributed by atoms with Crippen molar-refractivity contribution < 1.29 is 33.4 Å². The molecule has 2 heterocycles. The highest BCUT2D eigenvalue weighted by Gasteiger charge is 2.42. The Kier molecular flexibility index (Phi) is 8.84. The van der Waals surface area contributed by atoms with Crippen LogP contribution in [0.5, 0.6) is 5.75 Å². The van der Waals surface area contributed by atoms with Gasteiger partial charge in [0.1, 0.15) is 30.3 Å². The van der Waals surface area contributed by atoms with Crippen molar-refractivity contribution in [3.05, 3.63) is 29.3 Å². The second kappa shape index (κ2) is 11.6. The Labute approximate surface area is 211 Å². The monoisotopic (exact) mass is 501 g/mol. The van der Waals surface area contributed by atoms with Crippen LogP contribution in [0.1, 0.15) is 67.2 Å². The van der Waals surface area contributed by atoms with E-state index >= 15 is 0 Å². The molecule has 1 atom stereocenters. The molecule has 0 saturated carbocycles. The number of ether oxygens (including phenoxy) is 2. The van der Waals surface area contributed by atoms with Gasteiger partial charge in [-0.25, -0.2) is 0 Å². The SMILES string of the molecule is CNC(=O)C(CCC=O)N1C(=O)c2ccc(OCCN3CCC(C(=O)OC(C)(C)C)CC3)cc2C1=O. The highest BCUT2D eigenvalue weighted by Crippen LogP contribution is 2.29. The minimum absolute atomic E-state index is 0.0505. The van der Waals surface area contributed by atoms with E-state index in [-0.39, 0.29) is 35.9 Å². The summed E-state index contributed by atoms with van der Waals surface area (Å²) in [4.78, 5) is 64.4. The molecule has 0 aliphatic carbocycles. The van der Waals surface area contributed by atoms with Crippen LogP contribution >= 0.6 is 0 Å². The Morgan fingerprint density at radius 3 is 2.42 bits per heavy atom. The summed E-state index contributed by atoms with van der Waals surface area (Å²) in [6.45, 7) is 8.16. The van der Waals surface area contributed by atoms with Crippen molar-refractivity contribution in [2.45, 2.75) is 58.1 Å². The molecule has 10 heteroatoms. The highest BCUT2D eigenvalue weighted by atomic mass is 16.6. The number of hydrogen-bond acceptors (Lipinski definition) is 8. The summed E-state index contributed by atoms with van der Waals surface area (Å²) in [6, 6.07) is 3.62. The third-order valence-electron chi connectivity index (χ3n) is 6.31. The van der Waals surface area contributed by atoms with Crippen LogP contribution in [0.25, 0.3) is 0 Å². The maximum atomic E-state index is 13.0. The zero-order chi connectivity index (χ0) is 26.5. The van der Waals surface area contributed by atoms with Crippen LogP contribution in [0.15, 0.2) is 18.2 Å². The number of carbonyl (C=O) groups excluding carboxylic acids is 5. The molecule has 0 bridgehead atoms. The lowest BCUT2D eigenvalue weighted by Gasteiger charge is -2.32. The minimum Gasteiger partial charge on any atom is -0.492 e. The molecule has 36 heavy (non-hydrogen) atoms. The zero-order valence-electron chi connectivity index (χ0n) is 21.4. The number of benzene rings is 1. The smallest absolute Gasteiger partial charge is 0.309 e. The molecule has 1 fully saturated rings.